The van der Waals surface area contributed by atoms with Crippen LogP contribution in [0.25, 0.3) is 0 Å². The summed E-state index contributed by atoms with van der Waals surface area (Å²) in [5.41, 5.74) is 2.17. The van der Waals surface area contributed by atoms with Crippen LogP contribution in [0, 0.1) is 0 Å². The van der Waals surface area contributed by atoms with E-state index in [1.54, 1.807) is 4.68 Å². The van der Waals surface area contributed by atoms with Gasteiger partial charge >= 0.3 is 6.09 Å². The van der Waals surface area contributed by atoms with E-state index < -0.39 is 0 Å². The fourth-order valence-corrected chi connectivity index (χ4v) is 2.66. The van der Waals surface area contributed by atoms with Crippen LogP contribution < -0.4 is 10.6 Å². The molecule has 1 aromatic carbocycles. The van der Waals surface area contributed by atoms with Gasteiger partial charge in [-0.3, -0.25) is 4.68 Å². The van der Waals surface area contributed by atoms with Gasteiger partial charge in [-0.05, 0) is 18.4 Å². The molecule has 0 unspecified atom stereocenters. The standard InChI is InChI=1S/C17H22N4O2/c1-21-11-14(10-19-21)9-18-15-7-16(8-15)20-17(22)23-12-13-5-3-2-4-6-13/h2-6,10-11,15-16,18H,7-9,12H2,1H3,(H,20,22). The lowest BCUT2D eigenvalue weighted by molar-refractivity contribution is 0.125. The van der Waals surface area contributed by atoms with Gasteiger partial charge in [0.05, 0.1) is 6.20 Å². The Morgan fingerprint density at radius 1 is 1.26 bits per heavy atom. The Hall–Kier alpha value is -2.34. The van der Waals surface area contributed by atoms with Crippen molar-refractivity contribution in [3.05, 3.63) is 53.9 Å². The fraction of sp³-hybridized carbons (Fsp3) is 0.412. The van der Waals surface area contributed by atoms with Gasteiger partial charge in [-0.15, -0.1) is 0 Å². The normalized spacial score (nSPS) is 19.9. The van der Waals surface area contributed by atoms with Crippen molar-refractivity contribution in [1.29, 1.82) is 0 Å². The first-order valence-corrected chi connectivity index (χ1v) is 7.87. The minimum absolute atomic E-state index is 0.199. The molecule has 0 saturated heterocycles. The van der Waals surface area contributed by atoms with Crippen LogP contribution in [0.3, 0.4) is 0 Å². The highest BCUT2D eigenvalue weighted by Gasteiger charge is 2.30. The number of carbonyl (C=O) groups excluding carboxylic acids is 1. The van der Waals surface area contributed by atoms with Gasteiger partial charge in [-0.25, -0.2) is 4.79 Å². The van der Waals surface area contributed by atoms with Crippen LogP contribution in [0.4, 0.5) is 4.79 Å². The van der Waals surface area contributed by atoms with Gasteiger partial charge in [0.2, 0.25) is 0 Å². The zero-order chi connectivity index (χ0) is 16.1. The van der Waals surface area contributed by atoms with Crippen molar-refractivity contribution < 1.29 is 9.53 Å². The highest BCUT2D eigenvalue weighted by molar-refractivity contribution is 5.67. The largest absolute Gasteiger partial charge is 0.445 e. The van der Waals surface area contributed by atoms with Gasteiger partial charge in [0, 0.05) is 37.4 Å². The first-order valence-electron chi connectivity index (χ1n) is 7.87. The second-order valence-corrected chi connectivity index (χ2v) is 5.97. The van der Waals surface area contributed by atoms with Gasteiger partial charge in [0.15, 0.2) is 0 Å². The molecule has 0 atom stereocenters. The summed E-state index contributed by atoms with van der Waals surface area (Å²) < 4.78 is 7.02. The van der Waals surface area contributed by atoms with E-state index in [-0.39, 0.29) is 12.1 Å². The summed E-state index contributed by atoms with van der Waals surface area (Å²) in [6.45, 7) is 1.12. The number of ether oxygens (including phenoxy) is 1. The number of nitrogens with one attached hydrogen (secondary N) is 2. The molecule has 1 aromatic heterocycles. The van der Waals surface area contributed by atoms with Crippen LogP contribution in [0.5, 0.6) is 0 Å². The maximum absolute atomic E-state index is 11.7. The maximum atomic E-state index is 11.7. The molecule has 1 fully saturated rings. The highest BCUT2D eigenvalue weighted by Crippen LogP contribution is 2.20. The summed E-state index contributed by atoms with van der Waals surface area (Å²) in [7, 11) is 1.91. The lowest BCUT2D eigenvalue weighted by Gasteiger charge is -2.36. The summed E-state index contributed by atoms with van der Waals surface area (Å²) in [6.07, 6.45) is 5.39. The number of amides is 1. The first kappa shape index (κ1) is 15.6. The smallest absolute Gasteiger partial charge is 0.407 e. The first-order chi connectivity index (χ1) is 11.2. The molecular weight excluding hydrogens is 292 g/mol. The van der Waals surface area contributed by atoms with E-state index in [0.29, 0.717) is 12.6 Å². The highest BCUT2D eigenvalue weighted by atomic mass is 16.5. The van der Waals surface area contributed by atoms with Crippen LogP contribution in [0.1, 0.15) is 24.0 Å². The molecule has 0 bridgehead atoms. The third-order valence-electron chi connectivity index (χ3n) is 4.03. The third kappa shape index (κ3) is 4.56. The average molecular weight is 314 g/mol. The lowest BCUT2D eigenvalue weighted by Crippen LogP contribution is -2.52. The van der Waals surface area contributed by atoms with Crippen LogP contribution >= 0.6 is 0 Å². The predicted octanol–water partition coefficient (Wildman–Crippen LogP) is 1.97. The quantitative estimate of drug-likeness (QED) is 0.855. The van der Waals surface area contributed by atoms with Crippen LogP contribution in [0.15, 0.2) is 42.7 Å². The number of aromatic nitrogens is 2. The number of alkyl carbamates (subject to hydrolysis) is 1. The Balaban J connectivity index is 1.30. The molecule has 0 aliphatic heterocycles. The number of aryl methyl sites for hydroxylation is 1. The van der Waals surface area contributed by atoms with E-state index in [1.807, 2.05) is 49.8 Å². The van der Waals surface area contributed by atoms with E-state index in [2.05, 4.69) is 15.7 Å². The van der Waals surface area contributed by atoms with Crippen LogP contribution in [-0.4, -0.2) is 28.0 Å². The van der Waals surface area contributed by atoms with Crippen molar-refractivity contribution >= 4 is 6.09 Å². The second kappa shape index (κ2) is 7.28. The molecule has 1 heterocycles. The van der Waals surface area contributed by atoms with Gasteiger partial charge in [-0.1, -0.05) is 30.3 Å². The van der Waals surface area contributed by atoms with Gasteiger partial charge in [-0.2, -0.15) is 5.10 Å². The zero-order valence-corrected chi connectivity index (χ0v) is 13.2. The van der Waals surface area contributed by atoms with Crippen molar-refractivity contribution in [2.75, 3.05) is 0 Å². The Morgan fingerprint density at radius 3 is 2.74 bits per heavy atom. The summed E-state index contributed by atoms with van der Waals surface area (Å²) in [6, 6.07) is 10.3. The Kier molecular flexibility index (Phi) is 4.92. The summed E-state index contributed by atoms with van der Waals surface area (Å²) in [5, 5.41) is 10.5. The molecule has 1 aliphatic carbocycles. The molecule has 0 radical (unpaired) electrons. The Morgan fingerprint density at radius 2 is 2.04 bits per heavy atom. The zero-order valence-electron chi connectivity index (χ0n) is 13.2. The van der Waals surface area contributed by atoms with Gasteiger partial charge < -0.3 is 15.4 Å². The van der Waals surface area contributed by atoms with E-state index in [9.17, 15) is 4.79 Å². The SMILES string of the molecule is Cn1cc(CNC2CC(NC(=O)OCc3ccccc3)C2)cn1. The number of hydrogen-bond acceptors (Lipinski definition) is 4. The molecule has 122 valence electrons. The molecular formula is C17H22N4O2. The van der Waals surface area contributed by atoms with Crippen molar-refractivity contribution in [3.63, 3.8) is 0 Å². The molecule has 2 N–H and O–H groups in total. The van der Waals surface area contributed by atoms with Crippen LogP contribution in [0.2, 0.25) is 0 Å². The monoisotopic (exact) mass is 314 g/mol. The minimum Gasteiger partial charge on any atom is -0.445 e. The molecule has 23 heavy (non-hydrogen) atoms. The van der Waals surface area contributed by atoms with Crippen molar-refractivity contribution in [2.45, 2.75) is 38.1 Å². The minimum atomic E-state index is -0.343. The number of carbonyl (C=O) groups is 1. The molecule has 0 spiro atoms. The average Bonchev–Trinajstić information content (AvgIpc) is 2.94. The number of benzene rings is 1. The van der Waals surface area contributed by atoms with Gasteiger partial charge in [0.25, 0.3) is 0 Å². The number of rotatable bonds is 6. The molecule has 1 aliphatic rings. The molecule has 2 aromatic rings. The van der Waals surface area contributed by atoms with E-state index >= 15 is 0 Å². The molecule has 3 rings (SSSR count). The van der Waals surface area contributed by atoms with Gasteiger partial charge in [0.1, 0.15) is 6.61 Å². The second-order valence-electron chi connectivity index (χ2n) is 5.97. The topological polar surface area (TPSA) is 68.2 Å². The molecule has 6 nitrogen and oxygen atoms in total. The predicted molar refractivity (Wildman–Crippen MR) is 86.6 cm³/mol. The summed E-state index contributed by atoms with van der Waals surface area (Å²) in [5.74, 6) is 0. The Bertz CT molecular complexity index is 635. The van der Waals surface area contributed by atoms with Crippen molar-refractivity contribution in [3.8, 4) is 0 Å². The van der Waals surface area contributed by atoms with E-state index in [4.69, 9.17) is 4.74 Å². The number of nitrogens with zero attached hydrogens (tertiary/aromatic N) is 2. The lowest BCUT2D eigenvalue weighted by atomic mass is 9.87. The number of hydrogen-bond donors (Lipinski definition) is 2. The maximum Gasteiger partial charge on any atom is 0.407 e. The van der Waals surface area contributed by atoms with E-state index in [1.165, 1.54) is 5.56 Å². The Labute approximate surface area is 135 Å². The summed E-state index contributed by atoms with van der Waals surface area (Å²) >= 11 is 0. The van der Waals surface area contributed by atoms with E-state index in [0.717, 1.165) is 24.9 Å². The van der Waals surface area contributed by atoms with Crippen molar-refractivity contribution in [1.82, 2.24) is 20.4 Å². The molecule has 1 amide bonds. The fourth-order valence-electron chi connectivity index (χ4n) is 2.66. The summed E-state index contributed by atoms with van der Waals surface area (Å²) in [4.78, 5) is 11.7. The molecule has 1 saturated carbocycles. The van der Waals surface area contributed by atoms with Crippen LogP contribution in [-0.2, 0) is 24.9 Å². The molecule has 6 heteroatoms. The third-order valence-corrected chi connectivity index (χ3v) is 4.03. The van der Waals surface area contributed by atoms with Crippen molar-refractivity contribution in [2.24, 2.45) is 7.05 Å².